The van der Waals surface area contributed by atoms with Crippen molar-refractivity contribution in [1.29, 1.82) is 0 Å². The van der Waals surface area contributed by atoms with Gasteiger partial charge in [-0.1, -0.05) is 207 Å². The van der Waals surface area contributed by atoms with E-state index in [1.54, 1.807) is 6.08 Å². The molecule has 1 aliphatic rings. The lowest BCUT2D eigenvalue weighted by Gasteiger charge is -2.40. The summed E-state index contributed by atoms with van der Waals surface area (Å²) in [5.41, 5.74) is 0. The molecule has 0 bridgehead atoms. The van der Waals surface area contributed by atoms with Crippen LogP contribution in [0.3, 0.4) is 0 Å². The Balaban J connectivity index is 2.32. The molecule has 1 saturated heterocycles. The largest absolute Gasteiger partial charge is 0.394 e. The van der Waals surface area contributed by atoms with Crippen LogP contribution in [0.4, 0.5) is 0 Å². The molecule has 9 nitrogen and oxygen atoms in total. The van der Waals surface area contributed by atoms with Crippen LogP contribution in [0.25, 0.3) is 0 Å². The van der Waals surface area contributed by atoms with E-state index in [0.717, 1.165) is 103 Å². The molecule has 1 rings (SSSR count). The highest BCUT2D eigenvalue weighted by molar-refractivity contribution is 5.76. The molecule has 0 aromatic heterocycles. The van der Waals surface area contributed by atoms with Gasteiger partial charge in [-0.15, -0.1) is 0 Å². The molecule has 0 radical (unpaired) electrons. The molecule has 7 atom stereocenters. The summed E-state index contributed by atoms with van der Waals surface area (Å²) in [6.45, 7) is 3.62. The summed E-state index contributed by atoms with van der Waals surface area (Å²) in [6.07, 6.45) is 61.3. The van der Waals surface area contributed by atoms with E-state index in [9.17, 15) is 30.3 Å². The number of hydrogen-bond acceptors (Lipinski definition) is 8. The minimum Gasteiger partial charge on any atom is -0.394 e. The van der Waals surface area contributed by atoms with Crippen LogP contribution in [0, 0.1) is 0 Å². The van der Waals surface area contributed by atoms with Gasteiger partial charge in [0.1, 0.15) is 24.4 Å². The number of hydrogen-bond donors (Lipinski definition) is 6. The minimum absolute atomic E-state index is 0.211. The predicted molar refractivity (Wildman–Crippen MR) is 281 cm³/mol. The van der Waals surface area contributed by atoms with Crippen molar-refractivity contribution >= 4 is 5.91 Å². The summed E-state index contributed by atoms with van der Waals surface area (Å²) >= 11 is 0. The zero-order chi connectivity index (χ0) is 48.7. The number of carbonyl (C=O) groups is 1. The lowest BCUT2D eigenvalue weighted by atomic mass is 9.99. The maximum Gasteiger partial charge on any atom is 0.220 e. The zero-order valence-electron chi connectivity index (χ0n) is 42.1. The van der Waals surface area contributed by atoms with Crippen molar-refractivity contribution in [2.24, 2.45) is 0 Å². The van der Waals surface area contributed by atoms with Crippen LogP contribution < -0.4 is 5.32 Å². The SMILES string of the molecule is CC/C=C\C/C=C\C/C=C\C/C=C\C/C=C\C/C=C\C/C=C\CCCCCCCC(=O)NC(COC1OC(CO)C(O)C(O)C1O)C(O)/C=C/CC/C=C/CCCCCCCCCCCCC. The fraction of sp³-hybridized carbons (Fsp3) is 0.672. The number of ether oxygens (including phenoxy) is 2. The molecule has 1 amide bonds. The van der Waals surface area contributed by atoms with Gasteiger partial charge in [0.15, 0.2) is 6.29 Å². The molecule has 0 aliphatic carbocycles. The fourth-order valence-electron chi connectivity index (χ4n) is 7.62. The average Bonchev–Trinajstić information content (AvgIpc) is 3.33. The second-order valence-electron chi connectivity index (χ2n) is 17.9. The first-order valence-corrected chi connectivity index (χ1v) is 26.6. The van der Waals surface area contributed by atoms with Gasteiger partial charge >= 0.3 is 0 Å². The van der Waals surface area contributed by atoms with E-state index in [-0.39, 0.29) is 12.5 Å². The summed E-state index contributed by atoms with van der Waals surface area (Å²) in [5, 5.41) is 54.4. The van der Waals surface area contributed by atoms with Crippen LogP contribution in [-0.2, 0) is 14.3 Å². The van der Waals surface area contributed by atoms with Crippen LogP contribution in [-0.4, -0.2) is 87.5 Å². The first-order valence-electron chi connectivity index (χ1n) is 26.6. The van der Waals surface area contributed by atoms with Gasteiger partial charge in [-0.2, -0.15) is 0 Å². The van der Waals surface area contributed by atoms with Crippen molar-refractivity contribution in [2.45, 2.75) is 236 Å². The highest BCUT2D eigenvalue weighted by Crippen LogP contribution is 2.22. The molecule has 9 heteroatoms. The molecule has 0 spiro atoms. The number of nitrogens with one attached hydrogen (secondary N) is 1. The lowest BCUT2D eigenvalue weighted by Crippen LogP contribution is -2.60. The quantitative estimate of drug-likeness (QED) is 0.0261. The normalized spacial score (nSPS) is 20.6. The van der Waals surface area contributed by atoms with E-state index in [0.29, 0.717) is 6.42 Å². The number of allylic oxidation sites excluding steroid dienone is 17. The van der Waals surface area contributed by atoms with Gasteiger partial charge in [-0.05, 0) is 89.9 Å². The number of carbonyl (C=O) groups excluding carboxylic acids is 1. The fourth-order valence-corrected chi connectivity index (χ4v) is 7.62. The Morgan fingerprint density at radius 1 is 0.522 bits per heavy atom. The Morgan fingerprint density at radius 2 is 0.940 bits per heavy atom. The molecule has 67 heavy (non-hydrogen) atoms. The summed E-state index contributed by atoms with van der Waals surface area (Å²) in [6, 6.07) is -0.840. The summed E-state index contributed by atoms with van der Waals surface area (Å²) in [7, 11) is 0. The number of amides is 1. The van der Waals surface area contributed by atoms with E-state index in [1.807, 2.05) is 6.08 Å². The molecule has 7 unspecified atom stereocenters. The van der Waals surface area contributed by atoms with Crippen LogP contribution >= 0.6 is 0 Å². The van der Waals surface area contributed by atoms with Crippen molar-refractivity contribution in [3.05, 3.63) is 109 Å². The number of rotatable bonds is 43. The van der Waals surface area contributed by atoms with Crippen molar-refractivity contribution < 1.29 is 39.8 Å². The van der Waals surface area contributed by atoms with Crippen molar-refractivity contribution in [3.63, 3.8) is 0 Å². The molecule has 0 saturated carbocycles. The van der Waals surface area contributed by atoms with Crippen molar-refractivity contribution in [2.75, 3.05) is 13.2 Å². The third-order valence-electron chi connectivity index (χ3n) is 11.8. The first-order chi connectivity index (χ1) is 32.8. The summed E-state index contributed by atoms with van der Waals surface area (Å²) in [4.78, 5) is 13.0. The van der Waals surface area contributed by atoms with E-state index in [2.05, 4.69) is 116 Å². The van der Waals surface area contributed by atoms with Crippen molar-refractivity contribution in [3.8, 4) is 0 Å². The number of unbranched alkanes of at least 4 members (excludes halogenated alkanes) is 17. The third kappa shape index (κ3) is 36.5. The Morgan fingerprint density at radius 3 is 1.43 bits per heavy atom. The molecular weight excluding hydrogens is 839 g/mol. The maximum atomic E-state index is 13.0. The average molecular weight is 936 g/mol. The second-order valence-corrected chi connectivity index (χ2v) is 17.9. The van der Waals surface area contributed by atoms with Gasteiger partial charge in [0.25, 0.3) is 0 Å². The summed E-state index contributed by atoms with van der Waals surface area (Å²) in [5.74, 6) is -0.211. The topological polar surface area (TPSA) is 149 Å². The van der Waals surface area contributed by atoms with Crippen LogP contribution in [0.5, 0.6) is 0 Å². The lowest BCUT2D eigenvalue weighted by molar-refractivity contribution is -0.302. The molecular formula is C58H97NO8. The van der Waals surface area contributed by atoms with E-state index in [1.165, 1.54) is 70.6 Å². The Hall–Kier alpha value is -3.15. The Labute approximate surface area is 408 Å². The number of aliphatic hydroxyl groups excluding tert-OH is 5. The molecule has 0 aromatic rings. The van der Waals surface area contributed by atoms with Gasteiger partial charge in [0, 0.05) is 6.42 Å². The smallest absolute Gasteiger partial charge is 0.220 e. The molecule has 1 fully saturated rings. The highest BCUT2D eigenvalue weighted by atomic mass is 16.7. The molecule has 1 heterocycles. The van der Waals surface area contributed by atoms with Gasteiger partial charge in [0.05, 0.1) is 25.4 Å². The Bertz CT molecular complexity index is 1410. The monoisotopic (exact) mass is 936 g/mol. The van der Waals surface area contributed by atoms with Gasteiger partial charge in [0.2, 0.25) is 5.91 Å². The standard InChI is InChI=1S/C58H97NO8/c1-3-5-7-9-11-13-15-17-19-21-22-23-24-25-26-27-28-29-30-32-34-36-38-40-42-44-46-48-54(62)59-51(50-66-58-57(65)56(64)55(63)53(49-60)67-58)52(61)47-45-43-41-39-37-35-33-31-20-18-16-14-12-10-8-6-4-2/h5,7,11,13,17,19,22-23,25-26,28-29,32,34,37,39,45,47,51-53,55-58,60-61,63-65H,3-4,6,8-10,12,14-16,18,20-21,24,27,30-31,33,35-36,38,40-44,46,48-50H2,1-2H3,(H,59,62)/b7-5-,13-11-,19-17-,23-22-,26-25-,29-28-,34-32-,39-37+,47-45+. The predicted octanol–water partition coefficient (Wildman–Crippen LogP) is 12.6. The van der Waals surface area contributed by atoms with Crippen LogP contribution in [0.15, 0.2) is 109 Å². The van der Waals surface area contributed by atoms with E-state index < -0.39 is 49.5 Å². The second kappa shape index (κ2) is 46.6. The molecule has 6 N–H and O–H groups in total. The number of aliphatic hydroxyl groups is 5. The highest BCUT2D eigenvalue weighted by Gasteiger charge is 2.44. The van der Waals surface area contributed by atoms with Crippen LogP contribution in [0.2, 0.25) is 0 Å². The third-order valence-corrected chi connectivity index (χ3v) is 11.8. The first kappa shape index (κ1) is 61.9. The van der Waals surface area contributed by atoms with Gasteiger partial charge in [-0.3, -0.25) is 4.79 Å². The van der Waals surface area contributed by atoms with Gasteiger partial charge in [-0.25, -0.2) is 0 Å². The minimum atomic E-state index is -1.58. The van der Waals surface area contributed by atoms with E-state index >= 15 is 0 Å². The zero-order valence-corrected chi connectivity index (χ0v) is 42.1. The van der Waals surface area contributed by atoms with Crippen LogP contribution in [0.1, 0.15) is 194 Å². The molecule has 0 aromatic carbocycles. The van der Waals surface area contributed by atoms with Crippen molar-refractivity contribution in [1.82, 2.24) is 5.32 Å². The maximum absolute atomic E-state index is 13.0. The Kier molecular flexibility index (Phi) is 43.0. The summed E-state index contributed by atoms with van der Waals surface area (Å²) < 4.78 is 11.2. The van der Waals surface area contributed by atoms with Gasteiger partial charge < -0.3 is 40.3 Å². The van der Waals surface area contributed by atoms with E-state index in [4.69, 9.17) is 9.47 Å². The molecule has 382 valence electrons. The molecule has 1 aliphatic heterocycles.